The van der Waals surface area contributed by atoms with E-state index in [4.69, 9.17) is 0 Å². The number of hydrogen-bond donors (Lipinski definition) is 1. The Morgan fingerprint density at radius 3 is 2.95 bits per heavy atom. The summed E-state index contributed by atoms with van der Waals surface area (Å²) in [6, 6.07) is 10.7. The minimum Gasteiger partial charge on any atom is -0.311 e. The van der Waals surface area contributed by atoms with Crippen molar-refractivity contribution in [2.45, 2.75) is 31.7 Å². The summed E-state index contributed by atoms with van der Waals surface area (Å²) in [5.41, 5.74) is 4.81. The van der Waals surface area contributed by atoms with Gasteiger partial charge in [0.15, 0.2) is 0 Å². The third-order valence-corrected chi connectivity index (χ3v) is 3.94. The third kappa shape index (κ3) is 2.26. The predicted octanol–water partition coefficient (Wildman–Crippen LogP) is 2.78. The van der Waals surface area contributed by atoms with Gasteiger partial charge in [0.1, 0.15) is 0 Å². The zero-order chi connectivity index (χ0) is 13.2. The van der Waals surface area contributed by atoms with Crippen LogP contribution in [0.1, 0.15) is 41.0 Å². The molecule has 0 fully saturated rings. The Kier molecular flexibility index (Phi) is 3.30. The Balaban J connectivity index is 1.96. The second kappa shape index (κ2) is 5.10. The number of rotatable bonds is 3. The third-order valence-electron chi connectivity index (χ3n) is 3.94. The molecule has 0 aromatic carbocycles. The molecule has 2 unspecified atom stereocenters. The quantitative estimate of drug-likeness (QED) is 0.914. The van der Waals surface area contributed by atoms with Gasteiger partial charge in [0.2, 0.25) is 0 Å². The molecule has 0 bridgehead atoms. The van der Waals surface area contributed by atoms with E-state index in [1.54, 1.807) is 0 Å². The van der Waals surface area contributed by atoms with Gasteiger partial charge in [0, 0.05) is 23.5 Å². The lowest BCUT2D eigenvalue weighted by Gasteiger charge is -2.23. The van der Waals surface area contributed by atoms with Crippen LogP contribution in [0.25, 0.3) is 0 Å². The van der Waals surface area contributed by atoms with Gasteiger partial charge in [-0.1, -0.05) is 12.1 Å². The van der Waals surface area contributed by atoms with Gasteiger partial charge in [-0.3, -0.25) is 9.97 Å². The molecule has 0 spiro atoms. The van der Waals surface area contributed by atoms with Gasteiger partial charge in [0.25, 0.3) is 0 Å². The van der Waals surface area contributed by atoms with Crippen LogP contribution < -0.4 is 5.32 Å². The largest absolute Gasteiger partial charge is 0.311 e. The normalized spacial score (nSPS) is 19.2. The van der Waals surface area contributed by atoms with E-state index in [-0.39, 0.29) is 6.04 Å². The Morgan fingerprint density at radius 2 is 2.16 bits per heavy atom. The first-order valence-electron chi connectivity index (χ1n) is 6.84. The Labute approximate surface area is 114 Å². The Morgan fingerprint density at radius 1 is 1.26 bits per heavy atom. The van der Waals surface area contributed by atoms with E-state index in [0.29, 0.717) is 5.92 Å². The Hall–Kier alpha value is -1.74. The van der Waals surface area contributed by atoms with Crippen molar-refractivity contribution < 1.29 is 0 Å². The molecule has 0 saturated heterocycles. The lowest BCUT2D eigenvalue weighted by atomic mass is 9.94. The average Bonchev–Trinajstić information content (AvgIpc) is 2.84. The molecule has 0 amide bonds. The van der Waals surface area contributed by atoms with Crippen LogP contribution in [0.15, 0.2) is 36.5 Å². The minimum absolute atomic E-state index is 0.246. The van der Waals surface area contributed by atoms with E-state index in [2.05, 4.69) is 33.5 Å². The fourth-order valence-electron chi connectivity index (χ4n) is 3.06. The second-order valence-corrected chi connectivity index (χ2v) is 5.16. The highest BCUT2D eigenvalue weighted by Crippen LogP contribution is 2.39. The van der Waals surface area contributed by atoms with E-state index in [1.807, 2.05) is 32.3 Å². The highest BCUT2D eigenvalue weighted by Gasteiger charge is 2.31. The number of nitrogens with zero attached hydrogens (tertiary/aromatic N) is 2. The van der Waals surface area contributed by atoms with Crippen molar-refractivity contribution in [1.82, 2.24) is 15.3 Å². The van der Waals surface area contributed by atoms with Crippen molar-refractivity contribution in [1.29, 1.82) is 0 Å². The zero-order valence-corrected chi connectivity index (χ0v) is 11.4. The number of aryl methyl sites for hydroxylation is 2. The van der Waals surface area contributed by atoms with Crippen molar-refractivity contribution in [2.24, 2.45) is 0 Å². The second-order valence-electron chi connectivity index (χ2n) is 5.16. The Bertz CT molecular complexity index is 580. The standard InChI is InChI=1S/C16H19N3/c1-11-5-3-7-14(19-11)16(17-2)13-9-8-12-6-4-10-18-15(12)13/h3-7,10,13,16-17H,8-9H2,1-2H3. The van der Waals surface area contributed by atoms with Crippen LogP contribution >= 0.6 is 0 Å². The molecule has 1 N–H and O–H groups in total. The van der Waals surface area contributed by atoms with Gasteiger partial charge in [-0.25, -0.2) is 0 Å². The van der Waals surface area contributed by atoms with E-state index in [1.165, 1.54) is 11.3 Å². The highest BCUT2D eigenvalue weighted by molar-refractivity contribution is 5.32. The van der Waals surface area contributed by atoms with Gasteiger partial charge in [-0.2, -0.15) is 0 Å². The van der Waals surface area contributed by atoms with Crippen molar-refractivity contribution in [2.75, 3.05) is 7.05 Å². The number of aromatic nitrogens is 2. The van der Waals surface area contributed by atoms with Gasteiger partial charge in [-0.15, -0.1) is 0 Å². The van der Waals surface area contributed by atoms with Crippen molar-refractivity contribution in [3.8, 4) is 0 Å². The summed E-state index contributed by atoms with van der Waals surface area (Å²) in [6.07, 6.45) is 4.17. The molecular weight excluding hydrogens is 234 g/mol. The van der Waals surface area contributed by atoms with Crippen molar-refractivity contribution in [3.63, 3.8) is 0 Å². The van der Waals surface area contributed by atoms with Crippen LogP contribution in [0.4, 0.5) is 0 Å². The molecular formula is C16H19N3. The van der Waals surface area contributed by atoms with Crippen LogP contribution in [-0.4, -0.2) is 17.0 Å². The van der Waals surface area contributed by atoms with Gasteiger partial charge in [0.05, 0.1) is 11.7 Å². The summed E-state index contributed by atoms with van der Waals surface area (Å²) in [6.45, 7) is 2.04. The van der Waals surface area contributed by atoms with E-state index >= 15 is 0 Å². The predicted molar refractivity (Wildman–Crippen MR) is 76.1 cm³/mol. The first-order valence-corrected chi connectivity index (χ1v) is 6.84. The molecule has 3 heteroatoms. The zero-order valence-electron chi connectivity index (χ0n) is 11.4. The fourth-order valence-corrected chi connectivity index (χ4v) is 3.06. The molecule has 1 aliphatic carbocycles. The number of nitrogens with one attached hydrogen (secondary N) is 1. The maximum absolute atomic E-state index is 4.67. The summed E-state index contributed by atoms with van der Waals surface area (Å²) < 4.78 is 0. The molecule has 2 atom stereocenters. The van der Waals surface area contributed by atoms with Crippen LogP contribution in [0, 0.1) is 6.92 Å². The number of likely N-dealkylation sites (N-methyl/N-ethyl adjacent to an activating group) is 1. The summed E-state index contributed by atoms with van der Waals surface area (Å²) in [7, 11) is 2.01. The smallest absolute Gasteiger partial charge is 0.0583 e. The summed E-state index contributed by atoms with van der Waals surface area (Å²) in [4.78, 5) is 9.26. The summed E-state index contributed by atoms with van der Waals surface area (Å²) >= 11 is 0. The van der Waals surface area contributed by atoms with Crippen molar-refractivity contribution >= 4 is 0 Å². The summed E-state index contributed by atoms with van der Waals surface area (Å²) in [5, 5.41) is 3.43. The van der Waals surface area contributed by atoms with E-state index < -0.39 is 0 Å². The molecule has 3 nitrogen and oxygen atoms in total. The fraction of sp³-hybridized carbons (Fsp3) is 0.375. The monoisotopic (exact) mass is 253 g/mol. The van der Waals surface area contributed by atoms with E-state index in [0.717, 1.165) is 24.2 Å². The molecule has 0 aliphatic heterocycles. The number of pyridine rings is 2. The topological polar surface area (TPSA) is 37.8 Å². The molecule has 0 saturated carbocycles. The average molecular weight is 253 g/mol. The maximum atomic E-state index is 4.67. The van der Waals surface area contributed by atoms with Crippen LogP contribution in [-0.2, 0) is 6.42 Å². The molecule has 1 aliphatic rings. The first-order chi connectivity index (χ1) is 9.29. The van der Waals surface area contributed by atoms with Gasteiger partial charge >= 0.3 is 0 Å². The number of hydrogen-bond acceptors (Lipinski definition) is 3. The SMILES string of the molecule is CNC(c1cccc(C)n1)C1CCc2cccnc21. The molecule has 2 heterocycles. The number of fused-ring (bicyclic) bond motifs is 1. The lowest BCUT2D eigenvalue weighted by Crippen LogP contribution is -2.24. The maximum Gasteiger partial charge on any atom is 0.0583 e. The van der Waals surface area contributed by atoms with Crippen molar-refractivity contribution in [3.05, 3.63) is 59.2 Å². The molecule has 2 aromatic heterocycles. The molecule has 2 aromatic rings. The van der Waals surface area contributed by atoms with Gasteiger partial charge < -0.3 is 5.32 Å². The van der Waals surface area contributed by atoms with E-state index in [9.17, 15) is 0 Å². The van der Waals surface area contributed by atoms with Crippen LogP contribution in [0.2, 0.25) is 0 Å². The molecule has 3 rings (SSSR count). The lowest BCUT2D eigenvalue weighted by molar-refractivity contribution is 0.459. The molecule has 0 radical (unpaired) electrons. The molecule has 98 valence electrons. The highest BCUT2D eigenvalue weighted by atomic mass is 14.9. The van der Waals surface area contributed by atoms with Gasteiger partial charge in [-0.05, 0) is 50.6 Å². The first kappa shape index (κ1) is 12.3. The summed E-state index contributed by atoms with van der Waals surface area (Å²) in [5.74, 6) is 0.426. The molecule has 19 heavy (non-hydrogen) atoms. The minimum atomic E-state index is 0.246. The van der Waals surface area contributed by atoms with Crippen LogP contribution in [0.5, 0.6) is 0 Å². The van der Waals surface area contributed by atoms with Crippen LogP contribution in [0.3, 0.4) is 0 Å².